The largest absolute Gasteiger partial charge is 0.478 e. The number of pyridine rings is 2. The first-order chi connectivity index (χ1) is 15.6. The molecule has 32 heavy (non-hydrogen) atoms. The number of carbonyl (C=O) groups is 1. The fourth-order valence-electron chi connectivity index (χ4n) is 5.21. The van der Waals surface area contributed by atoms with Gasteiger partial charge in [-0.2, -0.15) is 4.57 Å². The molecule has 0 saturated carbocycles. The number of benzene rings is 4. The van der Waals surface area contributed by atoms with E-state index in [1.165, 1.54) is 10.9 Å². The Hall–Kier alpha value is -4.38. The van der Waals surface area contributed by atoms with E-state index in [0.29, 0.717) is 0 Å². The first kappa shape index (κ1) is 17.3. The minimum atomic E-state index is -0.931. The topological polar surface area (TPSA) is 59.2 Å². The molecule has 3 heterocycles. The molecule has 5 aromatic rings. The van der Waals surface area contributed by atoms with Gasteiger partial charge in [0.05, 0.1) is 32.9 Å². The van der Waals surface area contributed by atoms with Gasteiger partial charge in [-0.05, 0) is 48.5 Å². The second-order valence-electron chi connectivity index (χ2n) is 8.20. The minimum absolute atomic E-state index is 0.268. The minimum Gasteiger partial charge on any atom is -0.478 e. The maximum absolute atomic E-state index is 11.4. The lowest BCUT2D eigenvalue weighted by molar-refractivity contribution is -0.617. The van der Waals surface area contributed by atoms with Crippen LogP contribution < -0.4 is 4.57 Å². The van der Waals surface area contributed by atoms with E-state index in [-0.39, 0.29) is 5.56 Å². The van der Waals surface area contributed by atoms with Crippen LogP contribution in [0.2, 0.25) is 0 Å². The van der Waals surface area contributed by atoms with Gasteiger partial charge in [-0.15, -0.1) is 0 Å². The average molecular weight is 417 g/mol. The Morgan fingerprint density at radius 3 is 2.22 bits per heavy atom. The molecule has 0 spiro atoms. The molecule has 0 unspecified atom stereocenters. The number of hydrogen-bond donors (Lipinski definition) is 1. The normalized spacial score (nSPS) is 12.2. The number of aromatic carboxylic acids is 1. The number of hydrogen-bond acceptors (Lipinski definition) is 2. The number of carboxylic acid groups (broad SMARTS) is 1. The molecule has 0 fully saturated rings. The van der Waals surface area contributed by atoms with Crippen molar-refractivity contribution >= 4 is 50.0 Å². The van der Waals surface area contributed by atoms with Gasteiger partial charge in [0.25, 0.3) is 0 Å². The van der Waals surface area contributed by atoms with Crippen LogP contribution in [0, 0.1) is 0 Å². The van der Waals surface area contributed by atoms with Gasteiger partial charge in [-0.25, -0.2) is 4.79 Å². The molecule has 0 bridgehead atoms. The van der Waals surface area contributed by atoms with Gasteiger partial charge < -0.3 is 14.1 Å². The molecule has 0 amide bonds. The summed E-state index contributed by atoms with van der Waals surface area (Å²) in [7, 11) is 2.09. The smallest absolute Gasteiger partial charge is 0.335 e. The monoisotopic (exact) mass is 417 g/mol. The second kappa shape index (κ2) is 5.86. The van der Waals surface area contributed by atoms with E-state index >= 15 is 0 Å². The third-order valence-corrected chi connectivity index (χ3v) is 6.58. The van der Waals surface area contributed by atoms with Gasteiger partial charge in [0.2, 0.25) is 11.0 Å². The van der Waals surface area contributed by atoms with Crippen LogP contribution in [-0.2, 0) is 7.05 Å². The predicted octanol–water partition coefficient (Wildman–Crippen LogP) is 5.75. The molecule has 0 aliphatic carbocycles. The van der Waals surface area contributed by atoms with E-state index < -0.39 is 5.97 Å². The van der Waals surface area contributed by atoms with Crippen molar-refractivity contribution < 1.29 is 18.9 Å². The third-order valence-electron chi connectivity index (χ3n) is 6.58. The first-order valence-electron chi connectivity index (χ1n) is 10.5. The number of aromatic nitrogens is 2. The lowest BCUT2D eigenvalue weighted by Gasteiger charge is -2.24. The lowest BCUT2D eigenvalue weighted by atomic mass is 9.90. The predicted molar refractivity (Wildman–Crippen MR) is 124 cm³/mol. The lowest BCUT2D eigenvalue weighted by Crippen LogP contribution is -2.31. The highest BCUT2D eigenvalue weighted by molar-refractivity contribution is 6.24. The highest BCUT2D eigenvalue weighted by Gasteiger charge is 2.30. The summed E-state index contributed by atoms with van der Waals surface area (Å²) in [4.78, 5) is 11.4. The number of rotatable bonds is 2. The average Bonchev–Trinajstić information content (AvgIpc) is 2.82. The molecule has 2 aliphatic rings. The summed E-state index contributed by atoms with van der Waals surface area (Å²) in [5.74, 6) is -0.931. The van der Waals surface area contributed by atoms with E-state index in [0.717, 1.165) is 49.9 Å². The molecule has 2 aliphatic heterocycles. The van der Waals surface area contributed by atoms with Gasteiger partial charge in [-0.1, -0.05) is 18.2 Å². The number of aryl methyl sites for hydroxylation is 1. The van der Waals surface area contributed by atoms with Crippen molar-refractivity contribution in [3.63, 3.8) is 0 Å². The Kier molecular flexibility index (Phi) is 3.17. The Morgan fingerprint density at radius 2 is 1.44 bits per heavy atom. The Balaban J connectivity index is 1.78. The molecule has 0 atom stereocenters. The van der Waals surface area contributed by atoms with Crippen molar-refractivity contribution in [2.24, 2.45) is 7.05 Å². The van der Waals surface area contributed by atoms with E-state index in [4.69, 9.17) is 4.42 Å². The van der Waals surface area contributed by atoms with Crippen LogP contribution in [0.5, 0.6) is 0 Å². The molecule has 1 aromatic heterocycles. The fourth-order valence-corrected chi connectivity index (χ4v) is 5.21. The summed E-state index contributed by atoms with van der Waals surface area (Å²) in [6.45, 7) is 0. The molecular formula is C27H17N2O3+. The van der Waals surface area contributed by atoms with Crippen molar-refractivity contribution in [1.82, 2.24) is 4.57 Å². The summed E-state index contributed by atoms with van der Waals surface area (Å²) < 4.78 is 10.8. The van der Waals surface area contributed by atoms with E-state index in [1.54, 1.807) is 12.1 Å². The first-order valence-corrected chi connectivity index (χ1v) is 10.5. The molecule has 5 heteroatoms. The molecular weight excluding hydrogens is 400 g/mol. The standard InChI is InChI=1S/C27H16N2O3/c1-28-17-5-2-7-19-23(17)26-24-18(28)6-3-9-21(24)32-22-10-4-8-20(25(22)26)29(19)16-13-11-15(12-14-16)27(30)31/h2-14H,1H3/p+1. The second-order valence-corrected chi connectivity index (χ2v) is 8.20. The van der Waals surface area contributed by atoms with Gasteiger partial charge in [-0.3, -0.25) is 0 Å². The van der Waals surface area contributed by atoms with Crippen LogP contribution in [0.3, 0.4) is 0 Å². The van der Waals surface area contributed by atoms with E-state index in [1.807, 2.05) is 36.4 Å². The summed E-state index contributed by atoms with van der Waals surface area (Å²) in [5, 5.41) is 11.6. The van der Waals surface area contributed by atoms with Gasteiger partial charge in [0, 0.05) is 23.4 Å². The van der Waals surface area contributed by atoms with Gasteiger partial charge in [0.1, 0.15) is 18.2 Å². The highest BCUT2D eigenvalue weighted by Crippen LogP contribution is 2.47. The van der Waals surface area contributed by atoms with Crippen LogP contribution in [0.1, 0.15) is 10.4 Å². The van der Waals surface area contributed by atoms with Crippen LogP contribution in [0.15, 0.2) is 83.3 Å². The molecule has 1 N–H and O–H groups in total. The Labute approximate surface area is 182 Å². The summed E-state index contributed by atoms with van der Waals surface area (Å²) in [6, 6.07) is 25.7. The summed E-state index contributed by atoms with van der Waals surface area (Å²) in [6.07, 6.45) is 0. The van der Waals surface area contributed by atoms with Crippen molar-refractivity contribution in [2.75, 3.05) is 0 Å². The van der Waals surface area contributed by atoms with E-state index in [2.05, 4.69) is 46.5 Å². The molecule has 0 saturated heterocycles. The van der Waals surface area contributed by atoms with Crippen LogP contribution in [0.4, 0.5) is 0 Å². The quantitative estimate of drug-likeness (QED) is 0.221. The van der Waals surface area contributed by atoms with E-state index in [9.17, 15) is 9.90 Å². The van der Waals surface area contributed by atoms with Crippen molar-refractivity contribution in [1.29, 1.82) is 0 Å². The molecule has 4 aromatic carbocycles. The van der Waals surface area contributed by atoms with Crippen molar-refractivity contribution in [3.05, 3.63) is 84.4 Å². The van der Waals surface area contributed by atoms with Crippen molar-refractivity contribution in [2.45, 2.75) is 0 Å². The summed E-state index contributed by atoms with van der Waals surface area (Å²) >= 11 is 0. The molecule has 7 rings (SSSR count). The third kappa shape index (κ3) is 2.02. The van der Waals surface area contributed by atoms with Crippen molar-refractivity contribution in [3.8, 4) is 16.8 Å². The zero-order valence-electron chi connectivity index (χ0n) is 17.2. The molecule has 0 radical (unpaired) electrons. The maximum atomic E-state index is 11.4. The van der Waals surface area contributed by atoms with Gasteiger partial charge >= 0.3 is 5.97 Å². The molecule has 5 nitrogen and oxygen atoms in total. The Morgan fingerprint density at radius 1 is 0.781 bits per heavy atom. The fraction of sp³-hybridized carbons (Fsp3) is 0.0370. The highest BCUT2D eigenvalue weighted by atomic mass is 16.4. The Bertz CT molecular complexity index is 1800. The zero-order valence-corrected chi connectivity index (χ0v) is 17.2. The SMILES string of the molecule is C[n+]1c2cccc3oc4cccc5c4-c(c32)c2c(cccc21)n5-c1ccc(C(=O)O)cc1. The number of carboxylic acids is 1. The van der Waals surface area contributed by atoms with Crippen LogP contribution in [-0.4, -0.2) is 15.6 Å². The summed E-state index contributed by atoms with van der Waals surface area (Å²) in [5.41, 5.74) is 9.51. The van der Waals surface area contributed by atoms with Crippen LogP contribution in [0.25, 0.3) is 60.8 Å². The molecule has 152 valence electrons. The van der Waals surface area contributed by atoms with Gasteiger partial charge in [0.15, 0.2) is 0 Å². The van der Waals surface area contributed by atoms with Crippen LogP contribution >= 0.6 is 0 Å². The zero-order chi connectivity index (χ0) is 21.6. The number of nitrogens with zero attached hydrogens (tertiary/aromatic N) is 2. The maximum Gasteiger partial charge on any atom is 0.335 e.